The molecule has 0 aliphatic heterocycles. The van der Waals surface area contributed by atoms with Crippen LogP contribution < -0.4 is 4.74 Å². The first-order valence-corrected chi connectivity index (χ1v) is 6.89. The lowest BCUT2D eigenvalue weighted by atomic mass is 10.1. The molecule has 18 heavy (non-hydrogen) atoms. The second-order valence-electron chi connectivity index (χ2n) is 3.85. The Kier molecular flexibility index (Phi) is 5.02. The first-order valence-electron chi connectivity index (χ1n) is 5.90. The summed E-state index contributed by atoms with van der Waals surface area (Å²) in [6.07, 6.45) is 5.55. The average Bonchev–Trinajstić information content (AvgIpc) is 2.45. The van der Waals surface area contributed by atoms with Gasteiger partial charge in [-0.25, -0.2) is 9.97 Å². The molecule has 0 bridgehead atoms. The van der Waals surface area contributed by atoms with E-state index in [0.717, 1.165) is 29.4 Å². The molecule has 0 amide bonds. The Labute approximate surface area is 112 Å². The molecule has 0 aliphatic carbocycles. The molecule has 1 heterocycles. The van der Waals surface area contributed by atoms with Crippen LogP contribution in [-0.4, -0.2) is 22.8 Å². The van der Waals surface area contributed by atoms with Crippen molar-refractivity contribution in [3.63, 3.8) is 0 Å². The molecule has 2 rings (SSSR count). The number of aromatic nitrogens is 2. The number of ether oxygens (including phenoxy) is 1. The number of methoxy groups -OCH3 is 1. The molecular formula is C14H16N2OS. The highest BCUT2D eigenvalue weighted by molar-refractivity contribution is 7.99. The van der Waals surface area contributed by atoms with Crippen molar-refractivity contribution in [1.29, 1.82) is 0 Å². The molecule has 3 nitrogen and oxygen atoms in total. The Morgan fingerprint density at radius 2 is 2.22 bits per heavy atom. The quantitative estimate of drug-likeness (QED) is 0.454. The van der Waals surface area contributed by atoms with Crippen molar-refractivity contribution < 1.29 is 4.74 Å². The van der Waals surface area contributed by atoms with Crippen molar-refractivity contribution in [2.24, 2.45) is 0 Å². The number of aryl methyl sites for hydroxylation is 1. The molecule has 0 aliphatic rings. The highest BCUT2D eigenvalue weighted by Crippen LogP contribution is 2.18. The minimum Gasteiger partial charge on any atom is -0.497 e. The van der Waals surface area contributed by atoms with E-state index in [0.29, 0.717) is 0 Å². The van der Waals surface area contributed by atoms with Crippen molar-refractivity contribution in [3.05, 3.63) is 48.4 Å². The lowest BCUT2D eigenvalue weighted by Crippen LogP contribution is -1.90. The first-order chi connectivity index (χ1) is 8.88. The maximum atomic E-state index is 5.21. The Morgan fingerprint density at radius 1 is 1.28 bits per heavy atom. The molecule has 0 N–H and O–H groups in total. The number of hydrogen-bond donors (Lipinski definition) is 0. The van der Waals surface area contributed by atoms with Crippen molar-refractivity contribution in [3.8, 4) is 5.75 Å². The Hall–Kier alpha value is -1.55. The van der Waals surface area contributed by atoms with E-state index < -0.39 is 0 Å². The zero-order chi connectivity index (χ0) is 12.6. The van der Waals surface area contributed by atoms with Gasteiger partial charge in [-0.15, -0.1) is 11.8 Å². The van der Waals surface area contributed by atoms with E-state index in [9.17, 15) is 0 Å². The van der Waals surface area contributed by atoms with Gasteiger partial charge < -0.3 is 4.74 Å². The fourth-order valence-corrected chi connectivity index (χ4v) is 2.42. The predicted octanol–water partition coefficient (Wildman–Crippen LogP) is 3.21. The lowest BCUT2D eigenvalue weighted by molar-refractivity contribution is 0.414. The van der Waals surface area contributed by atoms with Gasteiger partial charge >= 0.3 is 0 Å². The van der Waals surface area contributed by atoms with Gasteiger partial charge in [0, 0.05) is 6.20 Å². The van der Waals surface area contributed by atoms with Crippen molar-refractivity contribution in [2.45, 2.75) is 17.9 Å². The van der Waals surface area contributed by atoms with Crippen LogP contribution >= 0.6 is 11.8 Å². The molecule has 0 saturated carbocycles. The number of nitrogens with zero attached hydrogens (tertiary/aromatic N) is 2. The fourth-order valence-electron chi connectivity index (χ4n) is 1.64. The third-order valence-electron chi connectivity index (χ3n) is 2.55. The summed E-state index contributed by atoms with van der Waals surface area (Å²) >= 11 is 1.77. The molecule has 0 spiro atoms. The Morgan fingerprint density at radius 3 is 3.00 bits per heavy atom. The average molecular weight is 260 g/mol. The SMILES string of the molecule is COc1cccc(CCCSc2ccncn2)c1. The molecule has 0 saturated heterocycles. The molecule has 2 aromatic rings. The van der Waals surface area contributed by atoms with E-state index >= 15 is 0 Å². The molecule has 0 unspecified atom stereocenters. The van der Waals surface area contributed by atoms with E-state index in [4.69, 9.17) is 4.74 Å². The molecule has 0 fully saturated rings. The third-order valence-corrected chi connectivity index (χ3v) is 3.58. The van der Waals surface area contributed by atoms with Gasteiger partial charge in [0.1, 0.15) is 12.1 Å². The van der Waals surface area contributed by atoms with E-state index in [2.05, 4.69) is 22.1 Å². The summed E-state index contributed by atoms with van der Waals surface area (Å²) in [6, 6.07) is 10.2. The molecule has 4 heteroatoms. The largest absolute Gasteiger partial charge is 0.497 e. The van der Waals surface area contributed by atoms with Crippen LogP contribution in [0.5, 0.6) is 5.75 Å². The molecule has 0 radical (unpaired) electrons. The van der Waals surface area contributed by atoms with Gasteiger partial charge in [0.2, 0.25) is 0 Å². The van der Waals surface area contributed by atoms with Crippen LogP contribution in [-0.2, 0) is 6.42 Å². The van der Waals surface area contributed by atoms with Gasteiger partial charge in [-0.2, -0.15) is 0 Å². The topological polar surface area (TPSA) is 35.0 Å². The Balaban J connectivity index is 1.75. The van der Waals surface area contributed by atoms with Crippen molar-refractivity contribution in [1.82, 2.24) is 9.97 Å². The Bertz CT molecular complexity index is 476. The summed E-state index contributed by atoms with van der Waals surface area (Å²) in [5, 5.41) is 1.04. The van der Waals surface area contributed by atoms with Crippen molar-refractivity contribution >= 4 is 11.8 Å². The second kappa shape index (κ2) is 7.01. The van der Waals surface area contributed by atoms with Gasteiger partial charge in [-0.05, 0) is 42.4 Å². The van der Waals surface area contributed by atoms with E-state index in [1.807, 2.05) is 18.2 Å². The van der Waals surface area contributed by atoms with Crippen LogP contribution in [0.15, 0.2) is 47.9 Å². The summed E-state index contributed by atoms with van der Waals surface area (Å²) in [7, 11) is 1.70. The smallest absolute Gasteiger partial charge is 0.119 e. The highest BCUT2D eigenvalue weighted by atomic mass is 32.2. The normalized spacial score (nSPS) is 10.3. The van der Waals surface area contributed by atoms with Crippen molar-refractivity contribution in [2.75, 3.05) is 12.9 Å². The van der Waals surface area contributed by atoms with Crippen LogP contribution in [0.25, 0.3) is 0 Å². The molecule has 1 aromatic heterocycles. The number of benzene rings is 1. The second-order valence-corrected chi connectivity index (χ2v) is 4.97. The van der Waals surface area contributed by atoms with Gasteiger partial charge in [-0.3, -0.25) is 0 Å². The number of thioether (sulfide) groups is 1. The number of rotatable bonds is 6. The molecule has 1 aromatic carbocycles. The van der Waals surface area contributed by atoms with Gasteiger partial charge in [0.25, 0.3) is 0 Å². The zero-order valence-corrected chi connectivity index (χ0v) is 11.2. The van der Waals surface area contributed by atoms with Crippen LogP contribution in [0.1, 0.15) is 12.0 Å². The van der Waals surface area contributed by atoms with Gasteiger partial charge in [0.15, 0.2) is 0 Å². The fraction of sp³-hybridized carbons (Fsp3) is 0.286. The molecular weight excluding hydrogens is 244 g/mol. The summed E-state index contributed by atoms with van der Waals surface area (Å²) in [4.78, 5) is 8.08. The monoisotopic (exact) mass is 260 g/mol. The summed E-state index contributed by atoms with van der Waals surface area (Å²) < 4.78 is 5.21. The van der Waals surface area contributed by atoms with E-state index in [1.54, 1.807) is 31.4 Å². The van der Waals surface area contributed by atoms with Crippen LogP contribution in [0.3, 0.4) is 0 Å². The predicted molar refractivity (Wildman–Crippen MR) is 74.1 cm³/mol. The van der Waals surface area contributed by atoms with Gasteiger partial charge in [-0.1, -0.05) is 12.1 Å². The number of hydrogen-bond acceptors (Lipinski definition) is 4. The van der Waals surface area contributed by atoms with E-state index in [-0.39, 0.29) is 0 Å². The maximum absolute atomic E-state index is 5.21. The van der Waals surface area contributed by atoms with E-state index in [1.165, 1.54) is 5.56 Å². The third kappa shape index (κ3) is 4.04. The molecule has 0 atom stereocenters. The minimum atomic E-state index is 0.927. The summed E-state index contributed by atoms with van der Waals surface area (Å²) in [6.45, 7) is 0. The van der Waals surface area contributed by atoms with Gasteiger partial charge in [0.05, 0.1) is 12.1 Å². The first kappa shape index (κ1) is 12.9. The lowest BCUT2D eigenvalue weighted by Gasteiger charge is -2.04. The highest BCUT2D eigenvalue weighted by Gasteiger charge is 1.98. The summed E-state index contributed by atoms with van der Waals surface area (Å²) in [5.41, 5.74) is 1.32. The maximum Gasteiger partial charge on any atom is 0.119 e. The zero-order valence-electron chi connectivity index (χ0n) is 10.4. The standard InChI is InChI=1S/C14H16N2OS/c1-17-13-6-2-4-12(10-13)5-3-9-18-14-7-8-15-11-16-14/h2,4,6-8,10-11H,3,5,9H2,1H3. The van der Waals surface area contributed by atoms with Crippen LogP contribution in [0.4, 0.5) is 0 Å². The van der Waals surface area contributed by atoms with Crippen LogP contribution in [0.2, 0.25) is 0 Å². The summed E-state index contributed by atoms with van der Waals surface area (Å²) in [5.74, 6) is 1.99. The molecule has 94 valence electrons. The minimum absolute atomic E-state index is 0.927. The van der Waals surface area contributed by atoms with Crippen LogP contribution in [0, 0.1) is 0 Å².